The molecule has 0 bridgehead atoms. The molecule has 2 aromatic rings. The summed E-state index contributed by atoms with van der Waals surface area (Å²) in [4.78, 5) is 7.32. The topological polar surface area (TPSA) is 25.8 Å². The van der Waals surface area contributed by atoms with Crippen LogP contribution in [0, 0.1) is 12.4 Å². The van der Waals surface area contributed by atoms with Gasteiger partial charge in [0.15, 0.2) is 0 Å². The van der Waals surface area contributed by atoms with Crippen molar-refractivity contribution >= 4 is 18.8 Å². The van der Waals surface area contributed by atoms with Gasteiger partial charge >= 0.3 is 35.3 Å². The van der Waals surface area contributed by atoms with Gasteiger partial charge in [-0.1, -0.05) is 24.8 Å². The molecule has 15 heavy (non-hydrogen) atoms. The van der Waals surface area contributed by atoms with Crippen LogP contribution in [0.2, 0.25) is 0 Å². The SMILES string of the molecule is [Cl][W][Cl].[c-]1ccccn1.[c-]1ccccn1. The zero-order valence-electron chi connectivity index (χ0n) is 7.68. The molecule has 0 saturated carbocycles. The van der Waals surface area contributed by atoms with Gasteiger partial charge in [0.2, 0.25) is 0 Å². The van der Waals surface area contributed by atoms with Gasteiger partial charge in [0.25, 0.3) is 0 Å². The first kappa shape index (κ1) is 14.6. The van der Waals surface area contributed by atoms with E-state index in [9.17, 15) is 0 Å². The molecule has 80 valence electrons. The first-order valence-corrected chi connectivity index (χ1v) is 11.1. The van der Waals surface area contributed by atoms with Gasteiger partial charge in [-0.05, 0) is 0 Å². The van der Waals surface area contributed by atoms with Crippen LogP contribution in [0.5, 0.6) is 0 Å². The van der Waals surface area contributed by atoms with Crippen molar-refractivity contribution < 1.29 is 16.5 Å². The van der Waals surface area contributed by atoms with Gasteiger partial charge in [-0.2, -0.15) is 36.4 Å². The Morgan fingerprint density at radius 1 is 0.800 bits per heavy atom. The summed E-state index contributed by atoms with van der Waals surface area (Å²) in [6.45, 7) is 0. The van der Waals surface area contributed by atoms with E-state index in [0.29, 0.717) is 0 Å². The smallest absolute Gasteiger partial charge is 0.0813 e. The van der Waals surface area contributed by atoms with Crippen molar-refractivity contribution in [3.63, 3.8) is 0 Å². The predicted octanol–water partition coefficient (Wildman–Crippen LogP) is 3.14. The molecule has 0 aromatic carbocycles. The van der Waals surface area contributed by atoms with E-state index in [1.807, 2.05) is 24.3 Å². The average Bonchev–Trinajstić information content (AvgIpc) is 2.35. The minimum atomic E-state index is -0.806. The molecule has 0 amide bonds. The molecule has 0 N–H and O–H groups in total. The van der Waals surface area contributed by atoms with Gasteiger partial charge in [0, 0.05) is 0 Å². The summed E-state index contributed by atoms with van der Waals surface area (Å²) >= 11 is -0.806. The Bertz CT molecular complexity index is 210. The normalized spacial score (nSPS) is 7.60. The van der Waals surface area contributed by atoms with Gasteiger partial charge in [-0.3, -0.25) is 0 Å². The minimum absolute atomic E-state index is 0.806. The van der Waals surface area contributed by atoms with Crippen molar-refractivity contribution in [2.75, 3.05) is 0 Å². The van der Waals surface area contributed by atoms with Crippen LogP contribution >= 0.6 is 18.8 Å². The summed E-state index contributed by atoms with van der Waals surface area (Å²) in [7, 11) is 9.86. The second-order valence-corrected chi connectivity index (χ2v) is 6.21. The molecule has 0 aliphatic heterocycles. The molecule has 2 nitrogen and oxygen atoms in total. The van der Waals surface area contributed by atoms with Gasteiger partial charge in [0.05, 0.1) is 0 Å². The number of nitrogens with zero attached hydrogens (tertiary/aromatic N) is 2. The Morgan fingerprint density at radius 2 is 1.20 bits per heavy atom. The van der Waals surface area contributed by atoms with Crippen LogP contribution in [0.3, 0.4) is 0 Å². The van der Waals surface area contributed by atoms with Gasteiger partial charge < -0.3 is 9.97 Å². The number of hydrogen-bond acceptors (Lipinski definition) is 2. The summed E-state index contributed by atoms with van der Waals surface area (Å²) in [6.07, 6.45) is 8.67. The molecule has 5 heteroatoms. The van der Waals surface area contributed by atoms with E-state index in [2.05, 4.69) is 22.4 Å². The maximum atomic E-state index is 4.93. The van der Waals surface area contributed by atoms with Crippen molar-refractivity contribution in [3.05, 3.63) is 61.2 Å². The van der Waals surface area contributed by atoms with E-state index in [-0.39, 0.29) is 0 Å². The summed E-state index contributed by atoms with van der Waals surface area (Å²) in [6, 6.07) is 11.0. The summed E-state index contributed by atoms with van der Waals surface area (Å²) in [5.74, 6) is 0. The van der Waals surface area contributed by atoms with E-state index >= 15 is 0 Å². The van der Waals surface area contributed by atoms with Crippen molar-refractivity contribution in [2.45, 2.75) is 0 Å². The summed E-state index contributed by atoms with van der Waals surface area (Å²) < 4.78 is 0. The Hall–Kier alpha value is -0.432. The third-order valence-corrected chi connectivity index (χ3v) is 1.03. The Kier molecular flexibility index (Phi) is 13.2. The fraction of sp³-hybridized carbons (Fsp3) is 0. The number of hydrogen-bond donors (Lipinski definition) is 0. The third-order valence-electron chi connectivity index (χ3n) is 1.03. The summed E-state index contributed by atoms with van der Waals surface area (Å²) in [5.41, 5.74) is 0. The molecule has 0 aliphatic carbocycles. The van der Waals surface area contributed by atoms with E-state index in [0.717, 1.165) is 0 Å². The maximum Gasteiger partial charge on any atom is -0.0813 e. The fourth-order valence-corrected chi connectivity index (χ4v) is 0.555. The molecule has 0 unspecified atom stereocenters. The van der Waals surface area contributed by atoms with Crippen molar-refractivity contribution in [3.8, 4) is 0 Å². The van der Waals surface area contributed by atoms with Crippen molar-refractivity contribution in [2.24, 2.45) is 0 Å². The number of pyridine rings is 2. The molecule has 0 spiro atoms. The second kappa shape index (κ2) is 13.6. The van der Waals surface area contributed by atoms with Gasteiger partial charge in [-0.25, -0.2) is 0 Å². The van der Waals surface area contributed by atoms with E-state index in [1.165, 1.54) is 0 Å². The van der Waals surface area contributed by atoms with Crippen LogP contribution in [0.25, 0.3) is 0 Å². The Morgan fingerprint density at radius 3 is 1.27 bits per heavy atom. The van der Waals surface area contributed by atoms with Crippen LogP contribution in [-0.4, -0.2) is 9.97 Å². The van der Waals surface area contributed by atoms with Crippen LogP contribution in [-0.2, 0) is 16.5 Å². The molecule has 0 radical (unpaired) electrons. The zero-order chi connectivity index (χ0) is 11.2. The maximum absolute atomic E-state index is 4.93. The standard InChI is InChI=1S/2C5H4N.2ClH.W/c2*1-2-4-6-5-3-1;;;/h2*1-4H;2*1H;/q2*-1;;;+2/p-2. The van der Waals surface area contributed by atoms with E-state index in [1.54, 1.807) is 24.5 Å². The van der Waals surface area contributed by atoms with Crippen LogP contribution < -0.4 is 0 Å². The third kappa shape index (κ3) is 13.6. The largest absolute Gasteiger partial charge is 0.394 e. The van der Waals surface area contributed by atoms with Crippen molar-refractivity contribution in [1.29, 1.82) is 0 Å². The predicted molar refractivity (Wildman–Crippen MR) is 57.9 cm³/mol. The van der Waals surface area contributed by atoms with Crippen LogP contribution in [0.4, 0.5) is 0 Å². The minimum Gasteiger partial charge on any atom is -0.394 e. The fourth-order valence-electron chi connectivity index (χ4n) is 0.555. The molecular weight excluding hydrogens is 403 g/mol. The van der Waals surface area contributed by atoms with Crippen LogP contribution in [0.1, 0.15) is 0 Å². The first-order chi connectivity index (χ1) is 7.41. The molecule has 0 atom stereocenters. The number of halogens is 2. The quantitative estimate of drug-likeness (QED) is 0.623. The molecule has 0 saturated heterocycles. The average molecular weight is 411 g/mol. The molecule has 2 heterocycles. The number of rotatable bonds is 0. The first-order valence-electron chi connectivity index (χ1n) is 3.85. The summed E-state index contributed by atoms with van der Waals surface area (Å²) in [5, 5.41) is 0. The van der Waals surface area contributed by atoms with Gasteiger partial charge in [-0.15, -0.1) is 0 Å². The molecular formula is C10H8Cl2N2W-2. The monoisotopic (exact) mass is 410 g/mol. The Labute approximate surface area is 106 Å². The molecule has 0 fully saturated rings. The zero-order valence-corrected chi connectivity index (χ0v) is 12.1. The van der Waals surface area contributed by atoms with Crippen molar-refractivity contribution in [1.82, 2.24) is 9.97 Å². The molecule has 2 rings (SSSR count). The Balaban J connectivity index is 0.000000210. The van der Waals surface area contributed by atoms with Crippen LogP contribution in [0.15, 0.2) is 48.8 Å². The second-order valence-electron chi connectivity index (χ2n) is 1.98. The van der Waals surface area contributed by atoms with E-state index in [4.69, 9.17) is 18.8 Å². The number of aromatic nitrogens is 2. The van der Waals surface area contributed by atoms with Gasteiger partial charge in [0.1, 0.15) is 0 Å². The molecule has 0 aliphatic rings. The molecule has 2 aromatic heterocycles. The van der Waals surface area contributed by atoms with E-state index < -0.39 is 16.5 Å².